The number of halogens is 2. The monoisotopic (exact) mass is 353 g/mol. The molecule has 0 amide bonds. The van der Waals surface area contributed by atoms with Crippen molar-refractivity contribution in [1.29, 1.82) is 0 Å². The molecule has 104 valence electrons. The Kier molecular flexibility index (Phi) is 4.35. The summed E-state index contributed by atoms with van der Waals surface area (Å²) >= 11 is 9.33. The van der Waals surface area contributed by atoms with Crippen LogP contribution in [0.3, 0.4) is 0 Å². The molecule has 0 heterocycles. The van der Waals surface area contributed by atoms with E-state index in [2.05, 4.69) is 21.2 Å². The van der Waals surface area contributed by atoms with E-state index >= 15 is 0 Å². The average molecular weight is 355 g/mol. The van der Waals surface area contributed by atoms with Crippen molar-refractivity contribution in [3.05, 3.63) is 63.6 Å². The lowest BCUT2D eigenvalue weighted by molar-refractivity contribution is -0.142. The Morgan fingerprint density at radius 1 is 1.25 bits per heavy atom. The van der Waals surface area contributed by atoms with Crippen molar-refractivity contribution in [3.63, 3.8) is 0 Å². The minimum absolute atomic E-state index is 0.551. The molecule has 0 spiro atoms. The van der Waals surface area contributed by atoms with E-state index in [4.69, 9.17) is 11.6 Å². The number of anilines is 1. The molecule has 2 rings (SSSR count). The van der Waals surface area contributed by atoms with Gasteiger partial charge in [-0.3, -0.25) is 0 Å². The third kappa shape index (κ3) is 2.97. The fourth-order valence-electron chi connectivity index (χ4n) is 1.96. The van der Waals surface area contributed by atoms with Gasteiger partial charge in [0, 0.05) is 20.7 Å². The van der Waals surface area contributed by atoms with E-state index in [-0.39, 0.29) is 0 Å². The quantitative estimate of drug-likeness (QED) is 0.849. The molecule has 0 radical (unpaired) electrons. The number of rotatable bonds is 4. The molecule has 1 atom stereocenters. The van der Waals surface area contributed by atoms with Gasteiger partial charge in [-0.05, 0) is 31.2 Å². The molecular formula is C15H13BrClNO2. The van der Waals surface area contributed by atoms with Crippen LogP contribution in [-0.2, 0) is 10.3 Å². The van der Waals surface area contributed by atoms with Crippen LogP contribution >= 0.6 is 27.5 Å². The number of carboxylic acid groups (broad SMARTS) is 1. The van der Waals surface area contributed by atoms with E-state index in [1.165, 1.54) is 0 Å². The predicted molar refractivity (Wildman–Crippen MR) is 84.2 cm³/mol. The lowest BCUT2D eigenvalue weighted by atomic mass is 9.91. The summed E-state index contributed by atoms with van der Waals surface area (Å²) in [4.78, 5) is 11.7. The largest absolute Gasteiger partial charge is 0.479 e. The molecule has 0 aliphatic heterocycles. The molecule has 1 unspecified atom stereocenters. The van der Waals surface area contributed by atoms with Crippen LogP contribution in [-0.4, -0.2) is 11.1 Å². The molecule has 0 bridgehead atoms. The van der Waals surface area contributed by atoms with Crippen LogP contribution in [0.4, 0.5) is 5.69 Å². The summed E-state index contributed by atoms with van der Waals surface area (Å²) in [5.41, 5.74) is 0.0377. The highest BCUT2D eigenvalue weighted by Crippen LogP contribution is 2.32. The fourth-order valence-corrected chi connectivity index (χ4v) is 2.83. The second-order valence-electron chi connectivity index (χ2n) is 4.55. The van der Waals surface area contributed by atoms with Crippen LogP contribution in [0.2, 0.25) is 5.02 Å². The summed E-state index contributed by atoms with van der Waals surface area (Å²) in [6.45, 7) is 1.62. The molecule has 0 aliphatic rings. The summed E-state index contributed by atoms with van der Waals surface area (Å²) in [6, 6.07) is 14.2. The average Bonchev–Trinajstić information content (AvgIpc) is 2.38. The first-order valence-corrected chi connectivity index (χ1v) is 7.13. The van der Waals surface area contributed by atoms with Crippen LogP contribution in [0, 0.1) is 0 Å². The molecule has 0 saturated carbocycles. The predicted octanol–water partition coefficient (Wildman–Crippen LogP) is 4.51. The van der Waals surface area contributed by atoms with Crippen molar-refractivity contribution < 1.29 is 9.90 Å². The summed E-state index contributed by atoms with van der Waals surface area (Å²) in [6.07, 6.45) is 0. The van der Waals surface area contributed by atoms with Crippen molar-refractivity contribution in [3.8, 4) is 0 Å². The van der Waals surface area contributed by atoms with Gasteiger partial charge in [0.1, 0.15) is 0 Å². The van der Waals surface area contributed by atoms with E-state index in [1.54, 1.807) is 43.3 Å². The lowest BCUT2D eigenvalue weighted by Gasteiger charge is -2.29. The van der Waals surface area contributed by atoms with Crippen LogP contribution < -0.4 is 5.32 Å². The Hall–Kier alpha value is -1.52. The minimum Gasteiger partial charge on any atom is -0.479 e. The van der Waals surface area contributed by atoms with Gasteiger partial charge >= 0.3 is 5.97 Å². The topological polar surface area (TPSA) is 49.3 Å². The maximum absolute atomic E-state index is 11.7. The first kappa shape index (κ1) is 14.9. The lowest BCUT2D eigenvalue weighted by Crippen LogP contribution is -2.40. The smallest absolute Gasteiger partial charge is 0.333 e. The highest BCUT2D eigenvalue weighted by molar-refractivity contribution is 9.10. The van der Waals surface area contributed by atoms with Crippen LogP contribution in [0.25, 0.3) is 0 Å². The number of benzene rings is 2. The number of carboxylic acids is 1. The van der Waals surface area contributed by atoms with Crippen LogP contribution in [0.1, 0.15) is 12.5 Å². The first-order chi connectivity index (χ1) is 9.43. The van der Waals surface area contributed by atoms with Gasteiger partial charge in [0.2, 0.25) is 0 Å². The second kappa shape index (κ2) is 5.85. The number of nitrogens with one attached hydrogen (secondary N) is 1. The third-order valence-electron chi connectivity index (χ3n) is 3.06. The van der Waals surface area contributed by atoms with Gasteiger partial charge in [0.15, 0.2) is 5.54 Å². The molecular weight excluding hydrogens is 342 g/mol. The fraction of sp³-hybridized carbons (Fsp3) is 0.133. The van der Waals surface area contributed by atoms with Gasteiger partial charge < -0.3 is 10.4 Å². The molecule has 0 fully saturated rings. The second-order valence-corrected chi connectivity index (χ2v) is 5.84. The Labute approximate surface area is 130 Å². The van der Waals surface area contributed by atoms with Crippen LogP contribution in [0.5, 0.6) is 0 Å². The van der Waals surface area contributed by atoms with E-state index in [0.29, 0.717) is 16.3 Å². The number of carbonyl (C=O) groups is 1. The summed E-state index contributed by atoms with van der Waals surface area (Å²) in [7, 11) is 0. The van der Waals surface area contributed by atoms with Crippen LogP contribution in [0.15, 0.2) is 53.0 Å². The molecule has 5 heteroatoms. The first-order valence-electron chi connectivity index (χ1n) is 5.95. The van der Waals surface area contributed by atoms with Gasteiger partial charge in [-0.25, -0.2) is 4.79 Å². The Bertz CT molecular complexity index is 647. The molecule has 2 aromatic carbocycles. The van der Waals surface area contributed by atoms with Gasteiger partial charge in [0.25, 0.3) is 0 Å². The number of aliphatic carboxylic acids is 1. The maximum atomic E-state index is 11.7. The van der Waals surface area contributed by atoms with E-state index in [9.17, 15) is 9.90 Å². The highest BCUT2D eigenvalue weighted by Gasteiger charge is 2.36. The molecule has 3 nitrogen and oxygen atoms in total. The van der Waals surface area contributed by atoms with Gasteiger partial charge in [-0.2, -0.15) is 0 Å². The zero-order valence-corrected chi connectivity index (χ0v) is 13.1. The number of hydrogen-bond acceptors (Lipinski definition) is 2. The zero-order valence-electron chi connectivity index (χ0n) is 10.7. The Balaban J connectivity index is 2.46. The maximum Gasteiger partial charge on any atom is 0.333 e. The van der Waals surface area contributed by atoms with Crippen molar-refractivity contribution in [2.45, 2.75) is 12.5 Å². The highest BCUT2D eigenvalue weighted by atomic mass is 79.9. The van der Waals surface area contributed by atoms with Gasteiger partial charge in [0.05, 0.1) is 0 Å². The number of hydrogen-bond donors (Lipinski definition) is 2. The molecule has 20 heavy (non-hydrogen) atoms. The normalized spacial score (nSPS) is 13.6. The van der Waals surface area contributed by atoms with Crippen molar-refractivity contribution >= 4 is 39.2 Å². The molecule has 0 saturated heterocycles. The standard InChI is InChI=1S/C15H13BrClNO2/c1-15(14(19)20,12-7-2-3-8-13(12)16)18-11-6-4-5-10(17)9-11/h2-9,18H,1H3,(H,19,20). The summed E-state index contributed by atoms with van der Waals surface area (Å²) in [5, 5.41) is 13.2. The van der Waals surface area contributed by atoms with E-state index in [1.807, 2.05) is 12.1 Å². The van der Waals surface area contributed by atoms with Gasteiger partial charge in [-0.1, -0.05) is 51.8 Å². The van der Waals surface area contributed by atoms with E-state index in [0.717, 1.165) is 4.47 Å². The minimum atomic E-state index is -1.26. The van der Waals surface area contributed by atoms with Gasteiger partial charge in [-0.15, -0.1) is 0 Å². The summed E-state index contributed by atoms with van der Waals surface area (Å²) in [5.74, 6) is -0.968. The molecule has 0 aromatic heterocycles. The van der Waals surface area contributed by atoms with E-state index < -0.39 is 11.5 Å². The SMILES string of the molecule is CC(Nc1cccc(Cl)c1)(C(=O)O)c1ccccc1Br. The summed E-state index contributed by atoms with van der Waals surface area (Å²) < 4.78 is 0.736. The Morgan fingerprint density at radius 3 is 2.55 bits per heavy atom. The molecule has 2 N–H and O–H groups in total. The van der Waals surface area contributed by atoms with Crippen molar-refractivity contribution in [2.24, 2.45) is 0 Å². The third-order valence-corrected chi connectivity index (χ3v) is 3.99. The van der Waals surface area contributed by atoms with Crippen molar-refractivity contribution in [2.75, 3.05) is 5.32 Å². The molecule has 2 aromatic rings. The Morgan fingerprint density at radius 2 is 1.95 bits per heavy atom. The molecule has 0 aliphatic carbocycles. The zero-order chi connectivity index (χ0) is 14.8. The van der Waals surface area contributed by atoms with Crippen molar-refractivity contribution in [1.82, 2.24) is 0 Å².